The summed E-state index contributed by atoms with van der Waals surface area (Å²) in [5.74, 6) is -0.734. The van der Waals surface area contributed by atoms with E-state index < -0.39 is 17.3 Å². The summed E-state index contributed by atoms with van der Waals surface area (Å²) in [5.41, 5.74) is 0.848. The van der Waals surface area contributed by atoms with Crippen molar-refractivity contribution in [1.29, 1.82) is 0 Å². The van der Waals surface area contributed by atoms with E-state index in [-0.39, 0.29) is 28.5 Å². The Hall–Kier alpha value is -3.49. The predicted octanol–water partition coefficient (Wildman–Crippen LogP) is 4.42. The molecule has 0 radical (unpaired) electrons. The molecule has 0 atom stereocenters. The molecule has 0 saturated carbocycles. The molecule has 28 heavy (non-hydrogen) atoms. The third-order valence-corrected chi connectivity index (χ3v) is 3.81. The maximum atomic E-state index is 12.6. The molecule has 0 fully saturated rings. The molecule has 0 aliphatic rings. The van der Waals surface area contributed by atoms with Crippen molar-refractivity contribution in [3.8, 4) is 17.2 Å². The van der Waals surface area contributed by atoms with E-state index in [2.05, 4.69) is 4.74 Å². The van der Waals surface area contributed by atoms with Crippen molar-refractivity contribution >= 4 is 17.5 Å². The third kappa shape index (κ3) is 4.81. The molecule has 0 aliphatic heterocycles. The van der Waals surface area contributed by atoms with E-state index in [1.165, 1.54) is 56.7 Å². The number of hydrogen-bond donors (Lipinski definition) is 0. The molecule has 0 amide bonds. The van der Waals surface area contributed by atoms with Crippen molar-refractivity contribution < 1.29 is 32.7 Å². The van der Waals surface area contributed by atoms with Crippen LogP contribution in [0.2, 0.25) is 0 Å². The standard InChI is InChI=1S/C19H17F2NO6/c1-11-4-6-13(10-14(11)22(24)25)15(23)7-5-12-8-16(26-2)18(28-19(20)21)17(9-12)27-3/h4-10,19H,1-3H3/b7-5+. The highest BCUT2D eigenvalue weighted by atomic mass is 19.3. The number of benzene rings is 2. The van der Waals surface area contributed by atoms with E-state index in [0.29, 0.717) is 11.1 Å². The van der Waals surface area contributed by atoms with Gasteiger partial charge in [0, 0.05) is 17.2 Å². The van der Waals surface area contributed by atoms with Crippen molar-refractivity contribution in [1.82, 2.24) is 0 Å². The van der Waals surface area contributed by atoms with Gasteiger partial charge in [-0.15, -0.1) is 0 Å². The number of nitro benzene ring substituents is 1. The minimum absolute atomic E-state index is 0.00211. The van der Waals surface area contributed by atoms with Crippen LogP contribution in [0.4, 0.5) is 14.5 Å². The van der Waals surface area contributed by atoms with Gasteiger partial charge < -0.3 is 14.2 Å². The van der Waals surface area contributed by atoms with Gasteiger partial charge >= 0.3 is 6.61 Å². The van der Waals surface area contributed by atoms with E-state index >= 15 is 0 Å². The number of alkyl halides is 2. The number of hydrogen-bond acceptors (Lipinski definition) is 6. The number of ketones is 1. The van der Waals surface area contributed by atoms with E-state index in [1.54, 1.807) is 6.92 Å². The van der Waals surface area contributed by atoms with E-state index in [1.807, 2.05) is 0 Å². The Kier molecular flexibility index (Phi) is 6.64. The lowest BCUT2D eigenvalue weighted by molar-refractivity contribution is -0.385. The predicted molar refractivity (Wildman–Crippen MR) is 97.4 cm³/mol. The van der Waals surface area contributed by atoms with Gasteiger partial charge in [0.05, 0.1) is 19.1 Å². The number of carbonyl (C=O) groups is 1. The first kappa shape index (κ1) is 20.8. The molecular weight excluding hydrogens is 376 g/mol. The molecule has 2 rings (SSSR count). The van der Waals surface area contributed by atoms with Crippen LogP contribution in [0.1, 0.15) is 21.5 Å². The smallest absolute Gasteiger partial charge is 0.387 e. The zero-order valence-electron chi connectivity index (χ0n) is 15.3. The summed E-state index contributed by atoms with van der Waals surface area (Å²) in [4.78, 5) is 22.8. The second kappa shape index (κ2) is 8.94. The van der Waals surface area contributed by atoms with E-state index in [9.17, 15) is 23.7 Å². The largest absolute Gasteiger partial charge is 0.493 e. The summed E-state index contributed by atoms with van der Waals surface area (Å²) < 4.78 is 39.7. The molecule has 2 aromatic rings. The second-order valence-electron chi connectivity index (χ2n) is 5.59. The molecule has 7 nitrogen and oxygen atoms in total. The molecular formula is C19H17F2NO6. The van der Waals surface area contributed by atoms with Gasteiger partial charge in [-0.25, -0.2) is 0 Å². The van der Waals surface area contributed by atoms with Gasteiger partial charge in [-0.05, 0) is 30.7 Å². The zero-order chi connectivity index (χ0) is 20.8. The van der Waals surface area contributed by atoms with Crippen LogP contribution in [0.5, 0.6) is 17.2 Å². The fraction of sp³-hybridized carbons (Fsp3) is 0.211. The van der Waals surface area contributed by atoms with Gasteiger partial charge in [0.25, 0.3) is 5.69 Å². The van der Waals surface area contributed by atoms with Crippen molar-refractivity contribution in [2.75, 3.05) is 14.2 Å². The number of nitro groups is 1. The van der Waals surface area contributed by atoms with Crippen LogP contribution in [0.3, 0.4) is 0 Å². The number of allylic oxidation sites excluding steroid dienone is 1. The lowest BCUT2D eigenvalue weighted by Gasteiger charge is -2.14. The molecule has 0 spiro atoms. The molecule has 0 unspecified atom stereocenters. The maximum Gasteiger partial charge on any atom is 0.387 e. The third-order valence-electron chi connectivity index (χ3n) is 3.81. The normalized spacial score (nSPS) is 10.9. The Balaban J connectivity index is 2.34. The Bertz CT molecular complexity index is 902. The van der Waals surface area contributed by atoms with Crippen LogP contribution >= 0.6 is 0 Å². The van der Waals surface area contributed by atoms with Crippen molar-refractivity contribution in [2.45, 2.75) is 13.5 Å². The number of nitrogens with zero attached hydrogens (tertiary/aromatic N) is 1. The molecule has 2 aromatic carbocycles. The molecule has 0 aliphatic carbocycles. The highest BCUT2D eigenvalue weighted by Crippen LogP contribution is 2.39. The second-order valence-corrected chi connectivity index (χ2v) is 5.59. The van der Waals surface area contributed by atoms with Gasteiger partial charge in [0.1, 0.15) is 0 Å². The Labute approximate surface area is 159 Å². The van der Waals surface area contributed by atoms with Crippen molar-refractivity contribution in [3.63, 3.8) is 0 Å². The number of halogens is 2. The highest BCUT2D eigenvalue weighted by molar-refractivity contribution is 6.07. The lowest BCUT2D eigenvalue weighted by atomic mass is 10.1. The fourth-order valence-electron chi connectivity index (χ4n) is 2.43. The number of methoxy groups -OCH3 is 2. The Morgan fingerprint density at radius 2 is 1.75 bits per heavy atom. The van der Waals surface area contributed by atoms with Crippen LogP contribution in [0.15, 0.2) is 36.4 Å². The summed E-state index contributed by atoms with van der Waals surface area (Å²) in [6, 6.07) is 6.95. The van der Waals surface area contributed by atoms with Gasteiger partial charge in [0.2, 0.25) is 5.75 Å². The van der Waals surface area contributed by atoms with Crippen LogP contribution in [0, 0.1) is 17.0 Å². The maximum absolute atomic E-state index is 12.6. The van der Waals surface area contributed by atoms with Crippen LogP contribution in [0.25, 0.3) is 6.08 Å². The quantitative estimate of drug-likeness (QED) is 0.286. The van der Waals surface area contributed by atoms with Crippen molar-refractivity contribution in [2.24, 2.45) is 0 Å². The molecule has 0 bridgehead atoms. The van der Waals surface area contributed by atoms with Gasteiger partial charge in [-0.1, -0.05) is 18.2 Å². The lowest BCUT2D eigenvalue weighted by Crippen LogP contribution is -2.05. The fourth-order valence-corrected chi connectivity index (χ4v) is 2.43. The SMILES string of the molecule is COc1cc(/C=C/C(=O)c2ccc(C)c([N+](=O)[O-])c2)cc(OC)c1OC(F)F. The first-order chi connectivity index (χ1) is 13.3. The number of carbonyl (C=O) groups excluding carboxylic acids is 1. The number of rotatable bonds is 8. The van der Waals surface area contributed by atoms with Gasteiger partial charge in [-0.3, -0.25) is 14.9 Å². The average Bonchev–Trinajstić information content (AvgIpc) is 2.66. The molecule has 0 aromatic heterocycles. The number of ether oxygens (including phenoxy) is 3. The monoisotopic (exact) mass is 393 g/mol. The zero-order valence-corrected chi connectivity index (χ0v) is 15.3. The Morgan fingerprint density at radius 3 is 2.25 bits per heavy atom. The minimum atomic E-state index is -3.07. The average molecular weight is 393 g/mol. The van der Waals surface area contributed by atoms with Crippen molar-refractivity contribution in [3.05, 3.63) is 63.2 Å². The van der Waals surface area contributed by atoms with E-state index in [0.717, 1.165) is 0 Å². The van der Waals surface area contributed by atoms with Crippen LogP contribution in [-0.2, 0) is 0 Å². The van der Waals surface area contributed by atoms with E-state index in [4.69, 9.17) is 9.47 Å². The summed E-state index contributed by atoms with van der Waals surface area (Å²) in [5, 5.41) is 11.0. The van der Waals surface area contributed by atoms with Crippen LogP contribution in [-0.4, -0.2) is 31.5 Å². The highest BCUT2D eigenvalue weighted by Gasteiger charge is 2.18. The topological polar surface area (TPSA) is 87.9 Å². The molecule has 148 valence electrons. The van der Waals surface area contributed by atoms with Crippen LogP contribution < -0.4 is 14.2 Å². The molecule has 0 N–H and O–H groups in total. The van der Waals surface area contributed by atoms with Gasteiger partial charge in [0.15, 0.2) is 17.3 Å². The summed E-state index contributed by atoms with van der Waals surface area (Å²) >= 11 is 0. The first-order valence-corrected chi connectivity index (χ1v) is 7.95. The number of aryl methyl sites for hydroxylation is 1. The van der Waals surface area contributed by atoms with Gasteiger partial charge in [-0.2, -0.15) is 8.78 Å². The molecule has 0 saturated heterocycles. The Morgan fingerprint density at radius 1 is 1.14 bits per heavy atom. The minimum Gasteiger partial charge on any atom is -0.493 e. The molecule has 0 heterocycles. The molecule has 9 heteroatoms. The summed E-state index contributed by atoms with van der Waals surface area (Å²) in [6.07, 6.45) is 2.61. The first-order valence-electron chi connectivity index (χ1n) is 7.95. The summed E-state index contributed by atoms with van der Waals surface area (Å²) in [7, 11) is 2.55. The summed E-state index contributed by atoms with van der Waals surface area (Å²) in [6.45, 7) is -1.49.